The van der Waals surface area contributed by atoms with E-state index >= 15 is 0 Å². The molecule has 4 rings (SSSR count). The van der Waals surface area contributed by atoms with Gasteiger partial charge in [-0.15, -0.1) is 0 Å². The van der Waals surface area contributed by atoms with Crippen LogP contribution < -0.4 is 5.32 Å². The van der Waals surface area contributed by atoms with Crippen molar-refractivity contribution in [2.45, 2.75) is 58.4 Å². The molecule has 1 fully saturated rings. The number of fused-ring (bicyclic) bond motifs is 1. The molecule has 2 aromatic heterocycles. The molecule has 1 saturated carbocycles. The lowest BCUT2D eigenvalue weighted by atomic mass is 9.95. The van der Waals surface area contributed by atoms with Crippen LogP contribution in [0.5, 0.6) is 0 Å². The Kier molecular flexibility index (Phi) is 5.36. The molecule has 0 spiro atoms. The van der Waals surface area contributed by atoms with Crippen LogP contribution in [0.2, 0.25) is 5.02 Å². The van der Waals surface area contributed by atoms with Gasteiger partial charge in [-0.2, -0.15) is 5.10 Å². The van der Waals surface area contributed by atoms with Crippen molar-refractivity contribution in [1.29, 1.82) is 0 Å². The zero-order valence-corrected chi connectivity index (χ0v) is 17.1. The number of nitrogens with zero attached hydrogens (tertiary/aromatic N) is 3. The molecule has 1 aliphatic carbocycles. The summed E-state index contributed by atoms with van der Waals surface area (Å²) in [6.07, 6.45) is 8.05. The zero-order valence-electron chi connectivity index (χ0n) is 16.3. The maximum atomic E-state index is 12.8. The Balaban J connectivity index is 1.65. The predicted octanol–water partition coefficient (Wildman–Crippen LogP) is 4.65. The predicted molar refractivity (Wildman–Crippen MR) is 111 cm³/mol. The lowest BCUT2D eigenvalue weighted by molar-refractivity contribution is 0.0929. The van der Waals surface area contributed by atoms with Gasteiger partial charge in [-0.25, -0.2) is 9.50 Å². The number of halogens is 1. The van der Waals surface area contributed by atoms with Crippen molar-refractivity contribution < 1.29 is 4.79 Å². The lowest BCUT2D eigenvalue weighted by Crippen LogP contribution is -2.36. The summed E-state index contributed by atoms with van der Waals surface area (Å²) < 4.78 is 1.77. The minimum absolute atomic E-state index is 0.0768. The standard InChI is InChI=1S/C22H25ClN4O/c1-14-18(12-16-8-6-7-11-20(16)23)15(2)27-21(25-14)19(13-24-27)22(28)26-17-9-4-3-5-10-17/h6-8,11,13,17H,3-5,9-10,12H2,1-2H3,(H,26,28). The van der Waals surface area contributed by atoms with Crippen LogP contribution in [0.4, 0.5) is 0 Å². The average Bonchev–Trinajstić information content (AvgIpc) is 3.11. The Morgan fingerprint density at radius 1 is 1.21 bits per heavy atom. The van der Waals surface area contributed by atoms with Gasteiger partial charge in [-0.1, -0.05) is 49.1 Å². The van der Waals surface area contributed by atoms with Gasteiger partial charge in [-0.3, -0.25) is 4.79 Å². The molecule has 6 heteroatoms. The Morgan fingerprint density at radius 2 is 1.96 bits per heavy atom. The second kappa shape index (κ2) is 7.92. The van der Waals surface area contributed by atoms with Crippen LogP contribution >= 0.6 is 11.6 Å². The van der Waals surface area contributed by atoms with Crippen LogP contribution in [0.3, 0.4) is 0 Å². The molecule has 5 nitrogen and oxygen atoms in total. The molecule has 28 heavy (non-hydrogen) atoms. The summed E-state index contributed by atoms with van der Waals surface area (Å²) in [6.45, 7) is 4.00. The van der Waals surface area contributed by atoms with Gasteiger partial charge in [0.25, 0.3) is 5.91 Å². The second-order valence-electron chi connectivity index (χ2n) is 7.63. The summed E-state index contributed by atoms with van der Waals surface area (Å²) in [7, 11) is 0. The minimum atomic E-state index is -0.0768. The van der Waals surface area contributed by atoms with E-state index < -0.39 is 0 Å². The topological polar surface area (TPSA) is 59.3 Å². The van der Waals surface area contributed by atoms with Gasteiger partial charge in [0.2, 0.25) is 0 Å². The molecule has 1 aliphatic rings. The first kappa shape index (κ1) is 18.9. The first-order chi connectivity index (χ1) is 13.5. The molecule has 0 saturated heterocycles. The Bertz CT molecular complexity index is 1020. The van der Waals surface area contributed by atoms with E-state index in [1.54, 1.807) is 10.7 Å². The molecule has 0 radical (unpaired) electrons. The number of rotatable bonds is 4. The van der Waals surface area contributed by atoms with Gasteiger partial charge >= 0.3 is 0 Å². The fourth-order valence-corrected chi connectivity index (χ4v) is 4.27. The van der Waals surface area contributed by atoms with Crippen molar-refractivity contribution in [2.75, 3.05) is 0 Å². The second-order valence-corrected chi connectivity index (χ2v) is 8.04. The van der Waals surface area contributed by atoms with Crippen LogP contribution in [0.25, 0.3) is 5.65 Å². The number of nitrogens with one attached hydrogen (secondary N) is 1. The summed E-state index contributed by atoms with van der Waals surface area (Å²) in [5.41, 5.74) is 5.19. The summed E-state index contributed by atoms with van der Waals surface area (Å²) in [5.74, 6) is -0.0768. The van der Waals surface area contributed by atoms with Crippen molar-refractivity contribution in [3.8, 4) is 0 Å². The number of aryl methyl sites for hydroxylation is 2. The minimum Gasteiger partial charge on any atom is -0.349 e. The third-order valence-electron chi connectivity index (χ3n) is 5.72. The molecule has 2 heterocycles. The Morgan fingerprint density at radius 3 is 2.71 bits per heavy atom. The molecule has 3 aromatic rings. The first-order valence-corrected chi connectivity index (χ1v) is 10.3. The third kappa shape index (κ3) is 3.63. The number of carbonyl (C=O) groups excluding carboxylic acids is 1. The van der Waals surface area contributed by atoms with Crippen molar-refractivity contribution in [3.05, 3.63) is 63.6 Å². The van der Waals surface area contributed by atoms with Crippen molar-refractivity contribution in [3.63, 3.8) is 0 Å². The monoisotopic (exact) mass is 396 g/mol. The van der Waals surface area contributed by atoms with E-state index in [9.17, 15) is 4.79 Å². The first-order valence-electron chi connectivity index (χ1n) is 9.92. The molecule has 1 aromatic carbocycles. The van der Waals surface area contributed by atoms with Gasteiger partial charge in [-0.05, 0) is 43.9 Å². The van der Waals surface area contributed by atoms with Crippen LogP contribution in [-0.2, 0) is 6.42 Å². The fraction of sp³-hybridized carbons (Fsp3) is 0.409. The summed E-state index contributed by atoms with van der Waals surface area (Å²) in [5, 5.41) is 8.37. The molecule has 1 N–H and O–H groups in total. The fourth-order valence-electron chi connectivity index (χ4n) is 4.07. The summed E-state index contributed by atoms with van der Waals surface area (Å²) in [6, 6.07) is 8.10. The number of hydrogen-bond donors (Lipinski definition) is 1. The van der Waals surface area contributed by atoms with E-state index in [-0.39, 0.29) is 11.9 Å². The number of amides is 1. The van der Waals surface area contributed by atoms with Gasteiger partial charge in [0, 0.05) is 28.9 Å². The number of carbonyl (C=O) groups is 1. The van der Waals surface area contributed by atoms with Gasteiger partial charge in [0.05, 0.1) is 6.20 Å². The highest BCUT2D eigenvalue weighted by Gasteiger charge is 2.22. The van der Waals surface area contributed by atoms with E-state index in [1.807, 2.05) is 38.1 Å². The van der Waals surface area contributed by atoms with Gasteiger partial charge < -0.3 is 5.32 Å². The molecule has 0 bridgehead atoms. The highest BCUT2D eigenvalue weighted by molar-refractivity contribution is 6.31. The molecule has 0 unspecified atom stereocenters. The third-order valence-corrected chi connectivity index (χ3v) is 6.09. The van der Waals surface area contributed by atoms with Crippen LogP contribution in [-0.4, -0.2) is 26.5 Å². The SMILES string of the molecule is Cc1nc2c(C(=O)NC3CCCCC3)cnn2c(C)c1Cc1ccccc1Cl. The van der Waals surface area contributed by atoms with E-state index in [4.69, 9.17) is 16.6 Å². The van der Waals surface area contributed by atoms with Crippen LogP contribution in [0, 0.1) is 13.8 Å². The number of hydrogen-bond acceptors (Lipinski definition) is 3. The van der Waals surface area contributed by atoms with Crippen molar-refractivity contribution in [1.82, 2.24) is 19.9 Å². The maximum absolute atomic E-state index is 12.8. The molecule has 146 valence electrons. The van der Waals surface area contributed by atoms with Gasteiger partial charge in [0.15, 0.2) is 5.65 Å². The molecular formula is C22H25ClN4O. The van der Waals surface area contributed by atoms with Crippen LogP contribution in [0.15, 0.2) is 30.5 Å². The average molecular weight is 397 g/mol. The highest BCUT2D eigenvalue weighted by Crippen LogP contribution is 2.24. The Hall–Kier alpha value is -2.40. The van der Waals surface area contributed by atoms with E-state index in [0.29, 0.717) is 17.6 Å². The molecule has 1 amide bonds. The van der Waals surface area contributed by atoms with Crippen LogP contribution in [0.1, 0.15) is 65.0 Å². The zero-order chi connectivity index (χ0) is 19.7. The smallest absolute Gasteiger partial charge is 0.256 e. The molecular weight excluding hydrogens is 372 g/mol. The van der Waals surface area contributed by atoms with Gasteiger partial charge in [0.1, 0.15) is 5.56 Å². The van der Waals surface area contributed by atoms with Crippen molar-refractivity contribution >= 4 is 23.2 Å². The normalized spacial score (nSPS) is 15.1. The largest absolute Gasteiger partial charge is 0.349 e. The maximum Gasteiger partial charge on any atom is 0.256 e. The van der Waals surface area contributed by atoms with E-state index in [0.717, 1.165) is 40.4 Å². The number of aromatic nitrogens is 3. The number of benzene rings is 1. The summed E-state index contributed by atoms with van der Waals surface area (Å²) >= 11 is 6.34. The van der Waals surface area contributed by atoms with Crippen molar-refractivity contribution in [2.24, 2.45) is 0 Å². The molecule has 0 aliphatic heterocycles. The van der Waals surface area contributed by atoms with E-state index in [1.165, 1.54) is 19.3 Å². The highest BCUT2D eigenvalue weighted by atomic mass is 35.5. The summed E-state index contributed by atoms with van der Waals surface area (Å²) in [4.78, 5) is 17.5. The Labute approximate surface area is 170 Å². The lowest BCUT2D eigenvalue weighted by Gasteiger charge is -2.22. The van der Waals surface area contributed by atoms with E-state index in [2.05, 4.69) is 10.4 Å². The quantitative estimate of drug-likeness (QED) is 0.698. The molecule has 0 atom stereocenters.